The Labute approximate surface area is 162 Å². The van der Waals surface area contributed by atoms with Crippen LogP contribution in [0.2, 0.25) is 0 Å². The monoisotopic (exact) mass is 372 g/mol. The molecule has 2 N–H and O–H groups in total. The van der Waals surface area contributed by atoms with Crippen LogP contribution in [0.4, 0.5) is 5.69 Å². The zero-order valence-corrected chi connectivity index (χ0v) is 16.9. The molecule has 2 aliphatic heterocycles. The zero-order chi connectivity index (χ0) is 19.8. The topological polar surface area (TPSA) is 69.9 Å². The van der Waals surface area contributed by atoms with E-state index in [4.69, 9.17) is 5.73 Å². The predicted molar refractivity (Wildman–Crippen MR) is 107 cm³/mol. The van der Waals surface area contributed by atoms with Gasteiger partial charge in [-0.15, -0.1) is 0 Å². The number of nitrogens with two attached hydrogens (primary N) is 1. The molecule has 1 aromatic rings. The summed E-state index contributed by atoms with van der Waals surface area (Å²) in [6.07, 6.45) is 1.41. The van der Waals surface area contributed by atoms with Gasteiger partial charge >= 0.3 is 11.8 Å². The number of carbonyl (C=O) groups is 2. The molecule has 0 radical (unpaired) electrons. The van der Waals surface area contributed by atoms with Crippen molar-refractivity contribution in [1.82, 2.24) is 9.80 Å². The van der Waals surface area contributed by atoms with Crippen LogP contribution in [0.15, 0.2) is 30.3 Å². The standard InChI is InChI=1S/C21H32N4O2/c1-20(2)14-16(22)15-21(3,4)25(20)19(27)18(26)24-12-10-23(11-13-24)17-8-6-5-7-9-17/h5-9,16H,10-15,22H2,1-4H3. The van der Waals surface area contributed by atoms with Crippen LogP contribution < -0.4 is 10.6 Å². The van der Waals surface area contributed by atoms with Gasteiger partial charge in [-0.3, -0.25) is 9.59 Å². The second-order valence-corrected chi connectivity index (χ2v) is 9.05. The van der Waals surface area contributed by atoms with Gasteiger partial charge in [0, 0.05) is 49.0 Å². The van der Waals surface area contributed by atoms with E-state index in [1.54, 1.807) is 9.80 Å². The van der Waals surface area contributed by atoms with Crippen LogP contribution in [0.25, 0.3) is 0 Å². The highest BCUT2D eigenvalue weighted by Gasteiger charge is 2.49. The number of benzene rings is 1. The van der Waals surface area contributed by atoms with E-state index in [-0.39, 0.29) is 11.9 Å². The zero-order valence-electron chi connectivity index (χ0n) is 16.9. The van der Waals surface area contributed by atoms with Crippen LogP contribution in [0, 0.1) is 0 Å². The van der Waals surface area contributed by atoms with E-state index in [2.05, 4.69) is 17.0 Å². The molecule has 2 heterocycles. The summed E-state index contributed by atoms with van der Waals surface area (Å²) in [5, 5.41) is 0. The van der Waals surface area contributed by atoms with Gasteiger partial charge in [0.2, 0.25) is 0 Å². The fraction of sp³-hybridized carbons (Fsp3) is 0.619. The number of likely N-dealkylation sites (tertiary alicyclic amines) is 1. The molecule has 0 unspecified atom stereocenters. The summed E-state index contributed by atoms with van der Waals surface area (Å²) in [5.41, 5.74) is 6.49. The molecule has 0 aromatic heterocycles. The summed E-state index contributed by atoms with van der Waals surface area (Å²) < 4.78 is 0. The summed E-state index contributed by atoms with van der Waals surface area (Å²) in [6.45, 7) is 10.6. The van der Waals surface area contributed by atoms with Crippen molar-refractivity contribution >= 4 is 17.5 Å². The van der Waals surface area contributed by atoms with Gasteiger partial charge in [0.05, 0.1) is 0 Å². The fourth-order valence-electron chi connectivity index (χ4n) is 4.94. The van der Waals surface area contributed by atoms with Crippen molar-refractivity contribution in [3.05, 3.63) is 30.3 Å². The minimum absolute atomic E-state index is 0.0450. The van der Waals surface area contributed by atoms with Crippen LogP contribution in [0.3, 0.4) is 0 Å². The van der Waals surface area contributed by atoms with Gasteiger partial charge in [0.25, 0.3) is 0 Å². The minimum atomic E-state index is -0.431. The summed E-state index contributed by atoms with van der Waals surface area (Å²) in [4.78, 5) is 31.9. The highest BCUT2D eigenvalue weighted by molar-refractivity contribution is 6.35. The number of rotatable bonds is 1. The van der Waals surface area contributed by atoms with E-state index in [9.17, 15) is 9.59 Å². The van der Waals surface area contributed by atoms with Gasteiger partial charge in [0.1, 0.15) is 0 Å². The number of hydrogen-bond acceptors (Lipinski definition) is 4. The summed E-state index contributed by atoms with van der Waals surface area (Å²) in [6, 6.07) is 10.2. The van der Waals surface area contributed by atoms with E-state index < -0.39 is 17.0 Å². The van der Waals surface area contributed by atoms with Gasteiger partial charge in [0.15, 0.2) is 0 Å². The van der Waals surface area contributed by atoms with Crippen LogP contribution in [-0.2, 0) is 9.59 Å². The van der Waals surface area contributed by atoms with Crippen molar-refractivity contribution in [3.8, 4) is 0 Å². The number of hydrogen-bond donors (Lipinski definition) is 1. The van der Waals surface area contributed by atoms with Crippen molar-refractivity contribution in [1.29, 1.82) is 0 Å². The second kappa shape index (κ2) is 7.15. The van der Waals surface area contributed by atoms with Crippen molar-refractivity contribution < 1.29 is 9.59 Å². The molecule has 2 aliphatic rings. The van der Waals surface area contributed by atoms with E-state index in [1.807, 2.05) is 45.9 Å². The third kappa shape index (κ3) is 3.95. The van der Waals surface area contributed by atoms with Crippen molar-refractivity contribution in [3.63, 3.8) is 0 Å². The summed E-state index contributed by atoms with van der Waals surface area (Å²) in [7, 11) is 0. The van der Waals surface area contributed by atoms with Crippen LogP contribution in [0.1, 0.15) is 40.5 Å². The Morgan fingerprint density at radius 2 is 1.41 bits per heavy atom. The van der Waals surface area contributed by atoms with E-state index >= 15 is 0 Å². The predicted octanol–water partition coefficient (Wildman–Crippen LogP) is 1.84. The Hall–Kier alpha value is -2.08. The lowest BCUT2D eigenvalue weighted by molar-refractivity contribution is -0.163. The molecule has 0 spiro atoms. The lowest BCUT2D eigenvalue weighted by Gasteiger charge is -2.54. The molecule has 0 atom stereocenters. The summed E-state index contributed by atoms with van der Waals surface area (Å²) >= 11 is 0. The Morgan fingerprint density at radius 1 is 0.889 bits per heavy atom. The maximum absolute atomic E-state index is 13.2. The molecule has 2 fully saturated rings. The Kier molecular flexibility index (Phi) is 5.21. The molecule has 2 amide bonds. The maximum atomic E-state index is 13.2. The molecule has 0 saturated carbocycles. The molecule has 6 nitrogen and oxygen atoms in total. The molecule has 148 valence electrons. The number of piperazine rings is 1. The normalized spacial score (nSPS) is 22.6. The first-order chi connectivity index (χ1) is 12.6. The number of para-hydroxylation sites is 1. The number of amides is 2. The van der Waals surface area contributed by atoms with Gasteiger partial charge in [-0.05, 0) is 52.7 Å². The molecule has 27 heavy (non-hydrogen) atoms. The average molecular weight is 373 g/mol. The highest BCUT2D eigenvalue weighted by atomic mass is 16.2. The number of anilines is 1. The molecule has 0 aliphatic carbocycles. The number of nitrogens with zero attached hydrogens (tertiary/aromatic N) is 3. The van der Waals surface area contributed by atoms with Crippen molar-refractivity contribution in [2.24, 2.45) is 5.73 Å². The number of carbonyl (C=O) groups excluding carboxylic acids is 2. The highest BCUT2D eigenvalue weighted by Crippen LogP contribution is 2.38. The lowest BCUT2D eigenvalue weighted by atomic mass is 9.77. The fourth-order valence-corrected chi connectivity index (χ4v) is 4.94. The molecular weight excluding hydrogens is 340 g/mol. The Balaban J connectivity index is 1.68. The van der Waals surface area contributed by atoms with Gasteiger partial charge in [-0.25, -0.2) is 0 Å². The molecule has 6 heteroatoms. The maximum Gasteiger partial charge on any atom is 0.312 e. The van der Waals surface area contributed by atoms with Crippen molar-refractivity contribution in [2.45, 2.75) is 57.7 Å². The average Bonchev–Trinajstić information content (AvgIpc) is 2.59. The van der Waals surface area contributed by atoms with Crippen LogP contribution >= 0.6 is 0 Å². The third-order valence-electron chi connectivity index (χ3n) is 5.81. The quantitative estimate of drug-likeness (QED) is 0.764. The number of piperidine rings is 1. The van der Waals surface area contributed by atoms with Crippen molar-refractivity contribution in [2.75, 3.05) is 31.1 Å². The lowest BCUT2D eigenvalue weighted by Crippen LogP contribution is -2.67. The van der Waals surface area contributed by atoms with Gasteiger partial charge in [-0.1, -0.05) is 18.2 Å². The molecule has 2 saturated heterocycles. The first kappa shape index (κ1) is 19.7. The first-order valence-corrected chi connectivity index (χ1v) is 9.81. The summed E-state index contributed by atoms with van der Waals surface area (Å²) in [5.74, 6) is -0.788. The SMILES string of the molecule is CC1(C)CC(N)CC(C)(C)N1C(=O)C(=O)N1CCN(c2ccccc2)CC1. The molecule has 0 bridgehead atoms. The minimum Gasteiger partial charge on any atom is -0.368 e. The van der Waals surface area contributed by atoms with Gasteiger partial charge < -0.3 is 20.4 Å². The Bertz CT molecular complexity index is 675. The molecule has 1 aromatic carbocycles. The largest absolute Gasteiger partial charge is 0.368 e. The molecular formula is C21H32N4O2. The smallest absolute Gasteiger partial charge is 0.312 e. The molecule has 3 rings (SSSR count). The van der Waals surface area contributed by atoms with E-state index in [1.165, 1.54) is 0 Å². The second-order valence-electron chi connectivity index (χ2n) is 9.05. The van der Waals surface area contributed by atoms with Crippen LogP contribution in [0.5, 0.6) is 0 Å². The first-order valence-electron chi connectivity index (χ1n) is 9.81. The van der Waals surface area contributed by atoms with Gasteiger partial charge in [-0.2, -0.15) is 0 Å². The van der Waals surface area contributed by atoms with E-state index in [0.717, 1.165) is 18.8 Å². The Morgan fingerprint density at radius 3 is 1.93 bits per heavy atom. The van der Waals surface area contributed by atoms with Crippen LogP contribution in [-0.4, -0.2) is 64.9 Å². The third-order valence-corrected chi connectivity index (χ3v) is 5.81. The van der Waals surface area contributed by atoms with E-state index in [0.29, 0.717) is 25.9 Å².